The van der Waals surface area contributed by atoms with Crippen LogP contribution in [0, 0.1) is 7.43 Å². The fourth-order valence-electron chi connectivity index (χ4n) is 0. The Kier molecular flexibility index (Phi) is 37.5. The maximum Gasteiger partial charge on any atom is 4.00 e. The van der Waals surface area contributed by atoms with Crippen molar-refractivity contribution >= 4 is 23.9 Å². The summed E-state index contributed by atoms with van der Waals surface area (Å²) >= 11 is 0. The van der Waals surface area contributed by atoms with Crippen LogP contribution in [0.1, 0.15) is 0 Å². The Morgan fingerprint density at radius 3 is 0.571 bits per heavy atom. The first-order valence-electron chi connectivity index (χ1n) is 4.42. The van der Waals surface area contributed by atoms with Gasteiger partial charge in [-0.05, 0) is 24.3 Å². The molecule has 8 nitrogen and oxygen atoms in total. The predicted molar refractivity (Wildman–Crippen MR) is 64.1 cm³/mol. The average Bonchev–Trinajstić information content (AvgIpc) is 2.40. The van der Waals surface area contributed by atoms with Crippen LogP contribution in [-0.2, 0) is 19.2 Å². The summed E-state index contributed by atoms with van der Waals surface area (Å²) in [6.07, 6.45) is 2.89. The minimum Gasteiger partial charge on any atom is -0.545 e. The van der Waals surface area contributed by atoms with Crippen molar-refractivity contribution in [3.05, 3.63) is 58.0 Å². The predicted octanol–water partition coefficient (Wildman–Crippen LogP) is -4.23. The van der Waals surface area contributed by atoms with Gasteiger partial charge in [-0.3, -0.25) is 0 Å². The van der Waals surface area contributed by atoms with Crippen LogP contribution in [-0.4, -0.2) is 23.9 Å². The second-order valence-corrected chi connectivity index (χ2v) is 2.09. The molecule has 0 aliphatic carbocycles. The van der Waals surface area contributed by atoms with E-state index in [0.29, 0.717) is 0 Å². The van der Waals surface area contributed by atoms with Crippen molar-refractivity contribution in [2.75, 3.05) is 0 Å². The van der Waals surface area contributed by atoms with Gasteiger partial charge in [-0.15, -0.1) is 0 Å². The van der Waals surface area contributed by atoms with Gasteiger partial charge in [0.15, 0.2) is 0 Å². The van der Waals surface area contributed by atoms with Gasteiger partial charge >= 0.3 is 7.43 Å². The van der Waals surface area contributed by atoms with E-state index in [1.165, 1.54) is 0 Å². The minimum absolute atomic E-state index is 0. The molecular weight excluding hydrogens is 284 g/mol. The summed E-state index contributed by atoms with van der Waals surface area (Å²) in [6.45, 7) is 11.6. The summed E-state index contributed by atoms with van der Waals surface area (Å²) in [4.78, 5) is 36.6. The van der Waals surface area contributed by atoms with Crippen molar-refractivity contribution in [3.63, 3.8) is 0 Å². The quantitative estimate of drug-likeness (QED) is 0.471. The maximum atomic E-state index is 9.14. The van der Waals surface area contributed by atoms with Crippen molar-refractivity contribution in [1.29, 1.82) is 0 Å². The monoisotopic (exact) mass is 296 g/mol. The van der Waals surface area contributed by atoms with Gasteiger partial charge in [-0.2, -0.15) is 0 Å². The van der Waals surface area contributed by atoms with E-state index in [4.69, 9.17) is 39.6 Å². The summed E-state index contributed by atoms with van der Waals surface area (Å²) in [5.41, 5.74) is 0. The fourth-order valence-corrected chi connectivity index (χ4v) is 0. The van der Waals surface area contributed by atoms with Gasteiger partial charge in [-0.25, -0.2) is 0 Å². The molecular formula is C13H12O8. The molecule has 0 radical (unpaired) electrons. The first-order chi connectivity index (χ1) is 9.08. The summed E-state index contributed by atoms with van der Waals surface area (Å²) in [5.74, 6) is -4.93. The zero-order valence-electron chi connectivity index (χ0n) is 10.9. The van der Waals surface area contributed by atoms with Crippen LogP contribution in [0.5, 0.6) is 0 Å². The van der Waals surface area contributed by atoms with Crippen LogP contribution < -0.4 is 20.4 Å². The molecule has 0 atom stereocenters. The standard InChI is InChI=1S/4C3H4O2.C/c4*1-2-3(4)5;/h4*2H,1H2,(H,4,5);/q;;;;+4/p-4. The zero-order chi connectivity index (χ0) is 17.1. The summed E-state index contributed by atoms with van der Waals surface area (Å²) < 4.78 is 0. The Bertz CT molecular complexity index is 296. The van der Waals surface area contributed by atoms with Crippen molar-refractivity contribution in [3.8, 4) is 0 Å². The van der Waals surface area contributed by atoms with Gasteiger partial charge in [0.05, 0.1) is 23.9 Å². The van der Waals surface area contributed by atoms with Crippen molar-refractivity contribution in [1.82, 2.24) is 0 Å². The Hall–Kier alpha value is -3.16. The van der Waals surface area contributed by atoms with Gasteiger partial charge in [0.2, 0.25) is 0 Å². The van der Waals surface area contributed by atoms with Crippen molar-refractivity contribution in [2.45, 2.75) is 0 Å². The summed E-state index contributed by atoms with van der Waals surface area (Å²) in [6, 6.07) is 0. The second-order valence-electron chi connectivity index (χ2n) is 2.09. The van der Waals surface area contributed by atoms with E-state index in [0.717, 1.165) is 24.3 Å². The average molecular weight is 296 g/mol. The van der Waals surface area contributed by atoms with E-state index in [2.05, 4.69) is 26.3 Å². The number of carbonyl (C=O) groups excluding carboxylic acids is 4. The molecule has 0 amide bonds. The molecule has 8 heteroatoms. The van der Waals surface area contributed by atoms with Gasteiger partial charge in [0, 0.05) is 0 Å². The molecule has 0 rings (SSSR count). The van der Waals surface area contributed by atoms with Gasteiger partial charge in [0.1, 0.15) is 0 Å². The summed E-state index contributed by atoms with van der Waals surface area (Å²) in [5, 5.41) is 36.6. The molecule has 0 bridgehead atoms. The van der Waals surface area contributed by atoms with Crippen LogP contribution in [0.4, 0.5) is 0 Å². The number of aliphatic carboxylic acids is 4. The minimum atomic E-state index is -1.23. The van der Waals surface area contributed by atoms with Crippen LogP contribution >= 0.6 is 0 Å². The smallest absolute Gasteiger partial charge is 0.545 e. The third-order valence-electron chi connectivity index (χ3n) is 0.667. The number of hydrogen-bond acceptors (Lipinski definition) is 8. The third kappa shape index (κ3) is 158. The molecule has 0 spiro atoms. The van der Waals surface area contributed by atoms with Gasteiger partial charge < -0.3 is 39.6 Å². The molecule has 0 aromatic rings. The van der Waals surface area contributed by atoms with E-state index < -0.39 is 23.9 Å². The van der Waals surface area contributed by atoms with Gasteiger partial charge in [-0.1, -0.05) is 26.3 Å². The molecule has 0 saturated heterocycles. The molecule has 0 aromatic carbocycles. The first kappa shape index (κ1) is 30.7. The van der Waals surface area contributed by atoms with Crippen molar-refractivity contribution in [2.24, 2.45) is 0 Å². The number of rotatable bonds is 4. The van der Waals surface area contributed by atoms with E-state index in [1.807, 2.05) is 0 Å². The van der Waals surface area contributed by atoms with E-state index >= 15 is 0 Å². The van der Waals surface area contributed by atoms with E-state index in [1.54, 1.807) is 0 Å². The Morgan fingerprint density at radius 1 is 0.524 bits per heavy atom. The number of carboxylic acids is 4. The molecule has 0 N–H and O–H groups in total. The molecule has 0 heterocycles. The molecule has 0 aromatic heterocycles. The van der Waals surface area contributed by atoms with Gasteiger partial charge in [0.25, 0.3) is 0 Å². The summed E-state index contributed by atoms with van der Waals surface area (Å²) in [7, 11) is 0. The van der Waals surface area contributed by atoms with Crippen LogP contribution in [0.25, 0.3) is 0 Å². The van der Waals surface area contributed by atoms with Crippen LogP contribution in [0.15, 0.2) is 50.6 Å². The second kappa shape index (κ2) is 25.6. The largest absolute Gasteiger partial charge is 4.00 e. The fraction of sp³-hybridized carbons (Fsp3) is 0. The molecule has 112 valence electrons. The molecule has 0 unspecified atom stereocenters. The molecule has 0 aliphatic rings. The molecule has 21 heavy (non-hydrogen) atoms. The Labute approximate surface area is 122 Å². The molecule has 0 saturated carbocycles. The number of hydrogen-bond donors (Lipinski definition) is 0. The Morgan fingerprint density at radius 2 is 0.571 bits per heavy atom. The molecule has 0 fully saturated rings. The van der Waals surface area contributed by atoms with Crippen LogP contribution in [0.3, 0.4) is 0 Å². The maximum absolute atomic E-state index is 9.14. The Balaban J connectivity index is -0.0000000533. The molecule has 0 aliphatic heterocycles. The SMILES string of the molecule is C=CC(=O)[O-].C=CC(=O)[O-].C=CC(=O)[O-].C=CC(=O)[O-].[C+4]. The zero-order valence-corrected chi connectivity index (χ0v) is 10.9. The van der Waals surface area contributed by atoms with Crippen molar-refractivity contribution < 1.29 is 39.6 Å². The van der Waals surface area contributed by atoms with Crippen LogP contribution in [0.2, 0.25) is 0 Å². The van der Waals surface area contributed by atoms with E-state index in [-0.39, 0.29) is 7.43 Å². The van der Waals surface area contributed by atoms with E-state index in [9.17, 15) is 0 Å². The number of carboxylic acid groups (broad SMARTS) is 4. The normalized spacial score (nSPS) is 6.10. The number of carbonyl (C=O) groups is 4. The first-order valence-corrected chi connectivity index (χ1v) is 4.42. The topological polar surface area (TPSA) is 161 Å². The third-order valence-corrected chi connectivity index (χ3v) is 0.667.